The first-order valence-corrected chi connectivity index (χ1v) is 10.4. The van der Waals surface area contributed by atoms with Gasteiger partial charge in [0.05, 0.1) is 6.54 Å². The van der Waals surface area contributed by atoms with Crippen LogP contribution >= 0.6 is 0 Å². The largest absolute Gasteiger partial charge is 0.457 e. The van der Waals surface area contributed by atoms with Crippen molar-refractivity contribution < 1.29 is 19.1 Å². The second kappa shape index (κ2) is 12.1. The smallest absolute Gasteiger partial charge is 0.251 e. The first kappa shape index (κ1) is 22.8. The average molecular weight is 434 g/mol. The molecule has 166 valence electrons. The van der Waals surface area contributed by atoms with E-state index in [-0.39, 0.29) is 18.4 Å². The third kappa shape index (κ3) is 7.45. The molecule has 0 saturated carbocycles. The van der Waals surface area contributed by atoms with Crippen molar-refractivity contribution in [2.75, 3.05) is 37.4 Å². The summed E-state index contributed by atoms with van der Waals surface area (Å²) in [6.07, 6.45) is 0.750. The molecule has 0 radical (unpaired) electrons. The molecule has 0 spiro atoms. The first-order chi connectivity index (χ1) is 15.6. The summed E-state index contributed by atoms with van der Waals surface area (Å²) in [7, 11) is 1.63. The number of rotatable bonds is 11. The van der Waals surface area contributed by atoms with E-state index in [1.807, 2.05) is 36.4 Å². The maximum Gasteiger partial charge on any atom is 0.251 e. The van der Waals surface area contributed by atoms with Gasteiger partial charge in [-0.25, -0.2) is 0 Å². The summed E-state index contributed by atoms with van der Waals surface area (Å²) in [6, 6.07) is 23.7. The molecular weight excluding hydrogens is 406 g/mol. The van der Waals surface area contributed by atoms with Crippen LogP contribution in [0.1, 0.15) is 16.8 Å². The number of anilines is 2. The van der Waals surface area contributed by atoms with Crippen LogP contribution in [0.3, 0.4) is 0 Å². The lowest BCUT2D eigenvalue weighted by Crippen LogP contribution is -2.25. The normalized spacial score (nSPS) is 10.3. The monoisotopic (exact) mass is 433 g/mol. The van der Waals surface area contributed by atoms with Crippen molar-refractivity contribution in [3.05, 3.63) is 84.4 Å². The Labute approximate surface area is 187 Å². The number of hydrogen-bond acceptors (Lipinski definition) is 5. The summed E-state index contributed by atoms with van der Waals surface area (Å²) in [6.45, 7) is 1.21. The number of carbonyl (C=O) groups is 2. The summed E-state index contributed by atoms with van der Waals surface area (Å²) in [5, 5.41) is 8.72. The highest BCUT2D eigenvalue weighted by molar-refractivity contribution is 5.96. The molecular formula is C25H27N3O4. The molecule has 3 aromatic carbocycles. The number of hydrogen-bond donors (Lipinski definition) is 3. The summed E-state index contributed by atoms with van der Waals surface area (Å²) in [5.41, 5.74) is 1.89. The van der Waals surface area contributed by atoms with Gasteiger partial charge >= 0.3 is 0 Å². The third-order valence-corrected chi connectivity index (χ3v) is 4.51. The minimum atomic E-state index is -0.198. The number of amides is 2. The molecule has 0 unspecified atom stereocenters. The van der Waals surface area contributed by atoms with Gasteiger partial charge in [0, 0.05) is 37.2 Å². The fourth-order valence-electron chi connectivity index (χ4n) is 2.91. The van der Waals surface area contributed by atoms with E-state index in [0.717, 1.165) is 12.2 Å². The van der Waals surface area contributed by atoms with Crippen molar-refractivity contribution >= 4 is 23.2 Å². The fraction of sp³-hybridized carbons (Fsp3) is 0.200. The Morgan fingerprint density at radius 2 is 1.59 bits per heavy atom. The van der Waals surface area contributed by atoms with Gasteiger partial charge in [-0.05, 0) is 61.0 Å². The van der Waals surface area contributed by atoms with Crippen LogP contribution < -0.4 is 20.7 Å². The highest BCUT2D eigenvalue weighted by Crippen LogP contribution is 2.22. The first-order valence-electron chi connectivity index (χ1n) is 10.4. The lowest BCUT2D eigenvalue weighted by Gasteiger charge is -2.10. The van der Waals surface area contributed by atoms with Crippen molar-refractivity contribution in [3.63, 3.8) is 0 Å². The minimum absolute atomic E-state index is 0.0706. The van der Waals surface area contributed by atoms with E-state index in [4.69, 9.17) is 9.47 Å². The molecule has 2 amide bonds. The second-order valence-electron chi connectivity index (χ2n) is 7.02. The lowest BCUT2D eigenvalue weighted by molar-refractivity contribution is -0.114. The number of ether oxygens (including phenoxy) is 2. The number of benzene rings is 3. The number of carbonyl (C=O) groups excluding carboxylic acids is 2. The molecule has 7 nitrogen and oxygen atoms in total. The lowest BCUT2D eigenvalue weighted by atomic mass is 10.2. The quantitative estimate of drug-likeness (QED) is 0.393. The van der Waals surface area contributed by atoms with Gasteiger partial charge in [0.15, 0.2) is 0 Å². The highest BCUT2D eigenvalue weighted by Gasteiger charge is 2.07. The predicted molar refractivity (Wildman–Crippen MR) is 125 cm³/mol. The molecule has 0 saturated heterocycles. The van der Waals surface area contributed by atoms with E-state index in [2.05, 4.69) is 16.0 Å². The van der Waals surface area contributed by atoms with Gasteiger partial charge in [-0.1, -0.05) is 24.3 Å². The molecule has 0 aliphatic heterocycles. The van der Waals surface area contributed by atoms with Crippen LogP contribution in [-0.4, -0.2) is 38.6 Å². The fourth-order valence-corrected chi connectivity index (χ4v) is 2.91. The van der Waals surface area contributed by atoms with E-state index in [0.29, 0.717) is 35.8 Å². The van der Waals surface area contributed by atoms with Gasteiger partial charge in [0.25, 0.3) is 5.91 Å². The zero-order valence-electron chi connectivity index (χ0n) is 18.0. The Bertz CT molecular complexity index is 1010. The van der Waals surface area contributed by atoms with E-state index in [9.17, 15) is 9.59 Å². The Morgan fingerprint density at radius 1 is 0.844 bits per heavy atom. The van der Waals surface area contributed by atoms with Crippen LogP contribution in [0.4, 0.5) is 11.4 Å². The Kier molecular flexibility index (Phi) is 8.65. The average Bonchev–Trinajstić information content (AvgIpc) is 2.82. The van der Waals surface area contributed by atoms with Gasteiger partial charge in [-0.2, -0.15) is 0 Å². The van der Waals surface area contributed by atoms with Gasteiger partial charge in [-0.15, -0.1) is 0 Å². The SMILES string of the molecule is COCCCNC(=O)c1cccc(NCC(=O)Nc2ccc(Oc3ccccc3)cc2)c1. The number of para-hydroxylation sites is 1. The summed E-state index contributed by atoms with van der Waals surface area (Å²) in [4.78, 5) is 24.5. The Balaban J connectivity index is 1.46. The molecule has 3 N–H and O–H groups in total. The maximum absolute atomic E-state index is 12.3. The second-order valence-corrected chi connectivity index (χ2v) is 7.02. The molecule has 0 aliphatic rings. The van der Waals surface area contributed by atoms with E-state index in [1.165, 1.54) is 0 Å². The standard InChI is InChI=1S/C25H27N3O4/c1-31-16-6-15-26-25(30)19-7-5-8-21(17-19)27-18-24(29)28-20-11-13-23(14-12-20)32-22-9-3-2-4-10-22/h2-5,7-14,17,27H,6,15-16,18H2,1H3,(H,26,30)(H,28,29). The van der Waals surface area contributed by atoms with Crippen LogP contribution in [0.15, 0.2) is 78.9 Å². The number of methoxy groups -OCH3 is 1. The van der Waals surface area contributed by atoms with E-state index in [1.54, 1.807) is 49.6 Å². The molecule has 0 heterocycles. The van der Waals surface area contributed by atoms with Crippen molar-refractivity contribution in [3.8, 4) is 11.5 Å². The molecule has 32 heavy (non-hydrogen) atoms. The van der Waals surface area contributed by atoms with Gasteiger partial charge in [0.1, 0.15) is 11.5 Å². The predicted octanol–water partition coefficient (Wildman–Crippen LogP) is 4.30. The van der Waals surface area contributed by atoms with Crippen molar-refractivity contribution in [2.24, 2.45) is 0 Å². The molecule has 0 atom stereocenters. The van der Waals surface area contributed by atoms with Crippen molar-refractivity contribution in [1.82, 2.24) is 5.32 Å². The minimum Gasteiger partial charge on any atom is -0.457 e. The molecule has 0 bridgehead atoms. The highest BCUT2D eigenvalue weighted by atomic mass is 16.5. The van der Waals surface area contributed by atoms with Gasteiger partial charge < -0.3 is 25.4 Å². The molecule has 0 fully saturated rings. The van der Waals surface area contributed by atoms with Crippen LogP contribution in [0.2, 0.25) is 0 Å². The van der Waals surface area contributed by atoms with Crippen molar-refractivity contribution in [2.45, 2.75) is 6.42 Å². The third-order valence-electron chi connectivity index (χ3n) is 4.51. The topological polar surface area (TPSA) is 88.7 Å². The van der Waals surface area contributed by atoms with Crippen LogP contribution in [0.25, 0.3) is 0 Å². The summed E-state index contributed by atoms with van der Waals surface area (Å²) < 4.78 is 10.7. The molecule has 0 aliphatic carbocycles. The van der Waals surface area contributed by atoms with E-state index >= 15 is 0 Å². The zero-order chi connectivity index (χ0) is 22.6. The molecule has 0 aromatic heterocycles. The van der Waals surface area contributed by atoms with Crippen LogP contribution in [0, 0.1) is 0 Å². The zero-order valence-corrected chi connectivity index (χ0v) is 18.0. The van der Waals surface area contributed by atoms with Crippen LogP contribution in [-0.2, 0) is 9.53 Å². The summed E-state index contributed by atoms with van der Waals surface area (Å²) in [5.74, 6) is 1.08. The van der Waals surface area contributed by atoms with E-state index < -0.39 is 0 Å². The molecule has 3 rings (SSSR count). The summed E-state index contributed by atoms with van der Waals surface area (Å²) >= 11 is 0. The van der Waals surface area contributed by atoms with Gasteiger partial charge in [0.2, 0.25) is 5.91 Å². The van der Waals surface area contributed by atoms with Crippen molar-refractivity contribution in [1.29, 1.82) is 0 Å². The molecule has 7 heteroatoms. The molecule has 3 aromatic rings. The number of nitrogens with one attached hydrogen (secondary N) is 3. The Morgan fingerprint density at radius 3 is 2.34 bits per heavy atom. The Hall–Kier alpha value is -3.84. The maximum atomic E-state index is 12.3. The van der Waals surface area contributed by atoms with Crippen LogP contribution in [0.5, 0.6) is 11.5 Å². The van der Waals surface area contributed by atoms with Gasteiger partial charge in [-0.3, -0.25) is 9.59 Å².